The van der Waals surface area contributed by atoms with E-state index >= 15 is 0 Å². The van der Waals surface area contributed by atoms with Crippen LogP contribution >= 0.6 is 23.2 Å². The topological polar surface area (TPSA) is 58.6 Å². The summed E-state index contributed by atoms with van der Waals surface area (Å²) < 4.78 is 45.1. The van der Waals surface area contributed by atoms with E-state index in [9.17, 15) is 23.1 Å². The fraction of sp³-hybridized carbons (Fsp3) is 0.235. The van der Waals surface area contributed by atoms with Gasteiger partial charge in [0.05, 0.1) is 11.6 Å². The summed E-state index contributed by atoms with van der Waals surface area (Å²) in [5, 5.41) is 12.7. The van der Waals surface area contributed by atoms with Crippen molar-refractivity contribution in [2.24, 2.45) is 0 Å². The largest absolute Gasteiger partial charge is 0.482 e. The van der Waals surface area contributed by atoms with Crippen LogP contribution in [0, 0.1) is 0 Å². The second-order valence-electron chi connectivity index (χ2n) is 5.36. The van der Waals surface area contributed by atoms with E-state index in [1.54, 1.807) is 0 Å². The third kappa shape index (κ3) is 4.81. The number of amides is 1. The summed E-state index contributed by atoms with van der Waals surface area (Å²) in [6, 6.07) is 10.8. The highest BCUT2D eigenvalue weighted by molar-refractivity contribution is 6.35. The summed E-state index contributed by atoms with van der Waals surface area (Å²) in [5.74, 6) is -0.699. The van der Waals surface area contributed by atoms with Gasteiger partial charge in [0.2, 0.25) is 5.60 Å². The van der Waals surface area contributed by atoms with Crippen molar-refractivity contribution in [2.45, 2.75) is 11.8 Å². The number of benzene rings is 2. The van der Waals surface area contributed by atoms with Crippen molar-refractivity contribution >= 4 is 29.1 Å². The van der Waals surface area contributed by atoms with Crippen LogP contribution in [-0.4, -0.2) is 30.3 Å². The molecule has 140 valence electrons. The molecule has 0 fully saturated rings. The molecule has 0 aromatic heterocycles. The molecule has 1 unspecified atom stereocenters. The molecule has 0 radical (unpaired) electrons. The molecule has 0 aliphatic heterocycles. The van der Waals surface area contributed by atoms with Crippen LogP contribution in [0.1, 0.15) is 5.56 Å². The highest BCUT2D eigenvalue weighted by atomic mass is 35.5. The Morgan fingerprint density at radius 2 is 1.77 bits per heavy atom. The summed E-state index contributed by atoms with van der Waals surface area (Å²) in [4.78, 5) is 11.8. The maximum absolute atomic E-state index is 13.3. The fourth-order valence-corrected chi connectivity index (χ4v) is 2.56. The Hall–Kier alpha value is -1.96. The molecular weight excluding hydrogens is 394 g/mol. The number of halogens is 5. The van der Waals surface area contributed by atoms with E-state index in [0.29, 0.717) is 5.02 Å². The standard InChI is InChI=1S/C17H14Cl2F3NO3/c18-12-6-7-14(13(19)8-12)26-9-15(24)23-10-16(25,17(20,21)22)11-4-2-1-3-5-11/h1-8,25H,9-10H2,(H,23,24). The SMILES string of the molecule is O=C(COc1ccc(Cl)cc1Cl)NCC(O)(c1ccccc1)C(F)(F)F. The van der Waals surface area contributed by atoms with E-state index in [1.807, 2.05) is 5.32 Å². The Bertz CT molecular complexity index is 772. The Balaban J connectivity index is 2.01. The highest BCUT2D eigenvalue weighted by Gasteiger charge is 2.55. The monoisotopic (exact) mass is 407 g/mol. The van der Waals surface area contributed by atoms with Crippen molar-refractivity contribution in [1.29, 1.82) is 0 Å². The number of rotatable bonds is 6. The van der Waals surface area contributed by atoms with E-state index in [0.717, 1.165) is 12.1 Å². The number of carbonyl (C=O) groups is 1. The summed E-state index contributed by atoms with van der Waals surface area (Å²) >= 11 is 11.6. The average molecular weight is 408 g/mol. The predicted molar refractivity (Wildman–Crippen MR) is 91.4 cm³/mol. The number of nitrogens with one attached hydrogen (secondary N) is 1. The molecule has 1 atom stereocenters. The van der Waals surface area contributed by atoms with E-state index < -0.39 is 30.8 Å². The maximum Gasteiger partial charge on any atom is 0.423 e. The molecule has 0 aliphatic carbocycles. The Kier molecular flexibility index (Phi) is 6.39. The van der Waals surface area contributed by atoms with Crippen LogP contribution in [-0.2, 0) is 10.4 Å². The van der Waals surface area contributed by atoms with Gasteiger partial charge in [0.25, 0.3) is 5.91 Å². The van der Waals surface area contributed by atoms with Crippen LogP contribution in [0.4, 0.5) is 13.2 Å². The number of carbonyl (C=O) groups excluding carboxylic acids is 1. The van der Waals surface area contributed by atoms with Crippen LogP contribution in [0.25, 0.3) is 0 Å². The van der Waals surface area contributed by atoms with Gasteiger partial charge in [-0.15, -0.1) is 0 Å². The number of aliphatic hydroxyl groups is 1. The minimum atomic E-state index is -4.98. The van der Waals surface area contributed by atoms with Gasteiger partial charge in [-0.3, -0.25) is 4.79 Å². The zero-order valence-corrected chi connectivity index (χ0v) is 14.7. The zero-order chi connectivity index (χ0) is 19.4. The van der Waals surface area contributed by atoms with E-state index in [4.69, 9.17) is 27.9 Å². The highest BCUT2D eigenvalue weighted by Crippen LogP contribution is 2.38. The van der Waals surface area contributed by atoms with Gasteiger partial charge in [0.15, 0.2) is 6.61 Å². The minimum absolute atomic E-state index is 0.153. The second kappa shape index (κ2) is 8.16. The number of alkyl halides is 3. The van der Waals surface area contributed by atoms with E-state index in [2.05, 4.69) is 0 Å². The molecule has 9 heteroatoms. The quantitative estimate of drug-likeness (QED) is 0.762. The zero-order valence-electron chi connectivity index (χ0n) is 13.2. The number of hydrogen-bond donors (Lipinski definition) is 2. The lowest BCUT2D eigenvalue weighted by atomic mass is 9.93. The lowest BCUT2D eigenvalue weighted by Gasteiger charge is -2.31. The molecule has 0 aliphatic rings. The van der Waals surface area contributed by atoms with E-state index in [-0.39, 0.29) is 16.3 Å². The predicted octanol–water partition coefficient (Wildman–Crippen LogP) is 3.94. The van der Waals surface area contributed by atoms with Crippen molar-refractivity contribution < 1.29 is 27.8 Å². The molecule has 2 aromatic carbocycles. The Morgan fingerprint density at radius 3 is 2.35 bits per heavy atom. The van der Waals surface area contributed by atoms with Crippen LogP contribution < -0.4 is 10.1 Å². The van der Waals surface area contributed by atoms with Crippen LogP contribution in [0.15, 0.2) is 48.5 Å². The van der Waals surface area contributed by atoms with Gasteiger partial charge in [-0.05, 0) is 23.8 Å². The molecule has 0 saturated carbocycles. The maximum atomic E-state index is 13.3. The van der Waals surface area contributed by atoms with Gasteiger partial charge in [0, 0.05) is 5.02 Å². The molecule has 0 spiro atoms. The van der Waals surface area contributed by atoms with Crippen LogP contribution in [0.5, 0.6) is 5.75 Å². The lowest BCUT2D eigenvalue weighted by molar-refractivity contribution is -0.264. The van der Waals surface area contributed by atoms with Gasteiger partial charge in [-0.25, -0.2) is 0 Å². The van der Waals surface area contributed by atoms with Gasteiger partial charge in [0.1, 0.15) is 5.75 Å². The molecule has 26 heavy (non-hydrogen) atoms. The van der Waals surface area contributed by atoms with Crippen molar-refractivity contribution in [1.82, 2.24) is 5.32 Å². The molecule has 2 N–H and O–H groups in total. The first-order valence-electron chi connectivity index (χ1n) is 7.32. The molecule has 0 bridgehead atoms. The molecule has 0 saturated heterocycles. The third-order valence-electron chi connectivity index (χ3n) is 3.51. The van der Waals surface area contributed by atoms with Gasteiger partial charge in [-0.1, -0.05) is 53.5 Å². The summed E-state index contributed by atoms with van der Waals surface area (Å²) in [5.41, 5.74) is -3.60. The molecule has 2 aromatic rings. The Morgan fingerprint density at radius 1 is 1.12 bits per heavy atom. The smallest absolute Gasteiger partial charge is 0.423 e. The van der Waals surface area contributed by atoms with E-state index in [1.165, 1.54) is 36.4 Å². The summed E-state index contributed by atoms with van der Waals surface area (Å²) in [7, 11) is 0. The third-order valence-corrected chi connectivity index (χ3v) is 4.04. The second-order valence-corrected chi connectivity index (χ2v) is 6.21. The number of ether oxygens (including phenoxy) is 1. The first-order valence-corrected chi connectivity index (χ1v) is 8.08. The molecular formula is C17H14Cl2F3NO3. The normalized spacial score (nSPS) is 13.8. The molecule has 2 rings (SSSR count). The van der Waals surface area contributed by atoms with Crippen molar-refractivity contribution in [3.63, 3.8) is 0 Å². The van der Waals surface area contributed by atoms with Crippen molar-refractivity contribution in [2.75, 3.05) is 13.2 Å². The lowest BCUT2D eigenvalue weighted by Crippen LogP contribution is -2.51. The van der Waals surface area contributed by atoms with Crippen LogP contribution in [0.2, 0.25) is 10.0 Å². The Labute approximate surface area is 157 Å². The van der Waals surface area contributed by atoms with Gasteiger partial charge in [-0.2, -0.15) is 13.2 Å². The molecule has 0 heterocycles. The van der Waals surface area contributed by atoms with Gasteiger partial charge >= 0.3 is 6.18 Å². The van der Waals surface area contributed by atoms with Crippen molar-refractivity contribution in [3.05, 3.63) is 64.1 Å². The number of hydrogen-bond acceptors (Lipinski definition) is 3. The summed E-state index contributed by atoms with van der Waals surface area (Å²) in [6.45, 7) is -1.64. The van der Waals surface area contributed by atoms with Crippen molar-refractivity contribution in [3.8, 4) is 5.75 Å². The van der Waals surface area contributed by atoms with Gasteiger partial charge < -0.3 is 15.2 Å². The fourth-order valence-electron chi connectivity index (χ4n) is 2.09. The summed E-state index contributed by atoms with van der Waals surface area (Å²) in [6.07, 6.45) is -4.98. The van der Waals surface area contributed by atoms with Crippen LogP contribution in [0.3, 0.4) is 0 Å². The minimum Gasteiger partial charge on any atom is -0.482 e. The molecule has 1 amide bonds. The first-order chi connectivity index (χ1) is 12.1. The average Bonchev–Trinajstić information content (AvgIpc) is 2.58. The molecule has 4 nitrogen and oxygen atoms in total. The first kappa shape index (κ1) is 20.4.